The molecule has 5 nitrogen and oxygen atoms in total. The lowest BCUT2D eigenvalue weighted by molar-refractivity contribution is 0.542. The van der Waals surface area contributed by atoms with E-state index in [4.69, 9.17) is 10.7 Å². The highest BCUT2D eigenvalue weighted by molar-refractivity contribution is 5.87. The third-order valence-corrected chi connectivity index (χ3v) is 4.58. The van der Waals surface area contributed by atoms with Gasteiger partial charge in [-0.15, -0.1) is 0 Å². The fourth-order valence-corrected chi connectivity index (χ4v) is 3.19. The highest BCUT2D eigenvalue weighted by Crippen LogP contribution is 2.31. The summed E-state index contributed by atoms with van der Waals surface area (Å²) in [7, 11) is 0. The Morgan fingerprint density at radius 3 is 2.44 bits per heavy atom. The molecule has 0 saturated heterocycles. The van der Waals surface area contributed by atoms with Crippen molar-refractivity contribution in [2.45, 2.75) is 19.9 Å². The molecule has 0 aliphatic heterocycles. The van der Waals surface area contributed by atoms with E-state index < -0.39 is 0 Å². The molecular formula is C22H19N5. The number of nitriles is 1. The molecule has 27 heavy (non-hydrogen) atoms. The Hall–Kier alpha value is -3.65. The number of benzene rings is 2. The van der Waals surface area contributed by atoms with E-state index in [-0.39, 0.29) is 6.04 Å². The normalized spacial score (nSPS) is 11.0. The fourth-order valence-electron chi connectivity index (χ4n) is 3.19. The second-order valence-corrected chi connectivity index (χ2v) is 6.73. The molecule has 0 unspecified atom stereocenters. The Labute approximate surface area is 157 Å². The molecule has 0 saturated carbocycles. The number of hydrogen-bond donors (Lipinski definition) is 1. The molecule has 0 fully saturated rings. The van der Waals surface area contributed by atoms with Crippen LogP contribution in [0.3, 0.4) is 0 Å². The summed E-state index contributed by atoms with van der Waals surface area (Å²) in [6, 6.07) is 22.3. The quantitative estimate of drug-likeness (QED) is 0.573. The number of nitrogens with two attached hydrogens (primary N) is 1. The van der Waals surface area contributed by atoms with Gasteiger partial charge in [-0.2, -0.15) is 10.4 Å². The molecule has 4 rings (SSSR count). The molecule has 0 spiro atoms. The maximum Gasteiger partial charge on any atom is 0.140 e. The predicted molar refractivity (Wildman–Crippen MR) is 108 cm³/mol. The monoisotopic (exact) mass is 353 g/mol. The summed E-state index contributed by atoms with van der Waals surface area (Å²) in [4.78, 5) is 4.80. The molecule has 0 bridgehead atoms. The number of aromatic nitrogens is 3. The summed E-state index contributed by atoms with van der Waals surface area (Å²) in [5.74, 6) is 0.397. The van der Waals surface area contributed by atoms with E-state index in [0.717, 1.165) is 27.7 Å². The van der Waals surface area contributed by atoms with Crippen LogP contribution < -0.4 is 5.73 Å². The van der Waals surface area contributed by atoms with Gasteiger partial charge in [-0.3, -0.25) is 0 Å². The molecule has 0 amide bonds. The van der Waals surface area contributed by atoms with Crippen molar-refractivity contribution in [3.05, 3.63) is 66.2 Å². The van der Waals surface area contributed by atoms with Gasteiger partial charge in [-0.25, -0.2) is 9.67 Å². The maximum atomic E-state index is 9.56. The zero-order chi connectivity index (χ0) is 19.0. The summed E-state index contributed by atoms with van der Waals surface area (Å²) in [5.41, 5.74) is 10.8. The first-order chi connectivity index (χ1) is 13.1. The number of nitrogen functional groups attached to an aromatic ring is 1. The molecule has 132 valence electrons. The van der Waals surface area contributed by atoms with Gasteiger partial charge in [0, 0.05) is 22.6 Å². The van der Waals surface area contributed by atoms with Crippen molar-refractivity contribution >= 4 is 16.7 Å². The molecule has 2 aromatic carbocycles. The van der Waals surface area contributed by atoms with Crippen molar-refractivity contribution in [2.24, 2.45) is 0 Å². The predicted octanol–water partition coefficient (Wildman–Crippen LogP) is 4.80. The van der Waals surface area contributed by atoms with E-state index in [1.165, 1.54) is 0 Å². The van der Waals surface area contributed by atoms with Gasteiger partial charge in [0.15, 0.2) is 0 Å². The average molecular weight is 353 g/mol. The molecular weight excluding hydrogens is 334 g/mol. The van der Waals surface area contributed by atoms with Gasteiger partial charge >= 0.3 is 0 Å². The number of hydrogen-bond acceptors (Lipinski definition) is 4. The summed E-state index contributed by atoms with van der Waals surface area (Å²) in [6.45, 7) is 3.98. The van der Waals surface area contributed by atoms with Gasteiger partial charge in [0.05, 0.1) is 11.2 Å². The van der Waals surface area contributed by atoms with Gasteiger partial charge in [0.1, 0.15) is 23.1 Å². The average Bonchev–Trinajstić information content (AvgIpc) is 3.04. The molecule has 0 aliphatic rings. The third kappa shape index (κ3) is 2.91. The van der Waals surface area contributed by atoms with Crippen LogP contribution in [-0.2, 0) is 0 Å². The van der Waals surface area contributed by atoms with E-state index >= 15 is 0 Å². The smallest absolute Gasteiger partial charge is 0.140 e. The zero-order valence-electron chi connectivity index (χ0n) is 15.2. The second kappa shape index (κ2) is 6.58. The molecule has 0 atom stereocenters. The van der Waals surface area contributed by atoms with Crippen LogP contribution in [0.25, 0.3) is 33.4 Å². The van der Waals surface area contributed by atoms with Gasteiger partial charge < -0.3 is 5.73 Å². The summed E-state index contributed by atoms with van der Waals surface area (Å²) in [6.07, 6.45) is 0. The van der Waals surface area contributed by atoms with E-state index in [9.17, 15) is 5.26 Å². The molecule has 2 heterocycles. The molecule has 0 radical (unpaired) electrons. The van der Waals surface area contributed by atoms with Crippen LogP contribution in [0.1, 0.15) is 25.5 Å². The largest absolute Gasteiger partial charge is 0.383 e. The standard InChI is InChI=1S/C22H19N5/c1-14(2)27-22(24)18(13-23)21(26-27)17-9-8-16-10-11-19(25-20(16)12-17)15-6-4-3-5-7-15/h3-12,14H,24H2,1-2H3. The first-order valence-corrected chi connectivity index (χ1v) is 8.83. The Balaban J connectivity index is 1.87. The van der Waals surface area contributed by atoms with Gasteiger partial charge in [0.2, 0.25) is 0 Å². The third-order valence-electron chi connectivity index (χ3n) is 4.58. The van der Waals surface area contributed by atoms with Crippen LogP contribution in [0.2, 0.25) is 0 Å². The summed E-state index contributed by atoms with van der Waals surface area (Å²) in [5, 5.41) is 15.2. The van der Waals surface area contributed by atoms with Crippen molar-refractivity contribution < 1.29 is 0 Å². The highest BCUT2D eigenvalue weighted by Gasteiger charge is 2.18. The van der Waals surface area contributed by atoms with Gasteiger partial charge in [-0.05, 0) is 26.0 Å². The van der Waals surface area contributed by atoms with E-state index in [0.29, 0.717) is 17.1 Å². The fraction of sp³-hybridized carbons (Fsp3) is 0.136. The number of fused-ring (bicyclic) bond motifs is 1. The highest BCUT2D eigenvalue weighted by atomic mass is 15.3. The number of nitrogens with zero attached hydrogens (tertiary/aromatic N) is 4. The Bertz CT molecular complexity index is 1170. The van der Waals surface area contributed by atoms with Crippen molar-refractivity contribution in [1.82, 2.24) is 14.8 Å². The Morgan fingerprint density at radius 1 is 1.00 bits per heavy atom. The minimum absolute atomic E-state index is 0.0779. The molecule has 2 aromatic heterocycles. The minimum Gasteiger partial charge on any atom is -0.383 e. The van der Waals surface area contributed by atoms with Gasteiger partial charge in [-0.1, -0.05) is 48.5 Å². The number of pyridine rings is 1. The van der Waals surface area contributed by atoms with Crippen LogP contribution in [0.15, 0.2) is 60.7 Å². The molecule has 0 aliphatic carbocycles. The van der Waals surface area contributed by atoms with Gasteiger partial charge in [0.25, 0.3) is 0 Å². The minimum atomic E-state index is 0.0779. The lowest BCUT2D eigenvalue weighted by Crippen LogP contribution is -2.07. The topological polar surface area (TPSA) is 80.5 Å². The lowest BCUT2D eigenvalue weighted by atomic mass is 10.0. The van der Waals surface area contributed by atoms with Crippen molar-refractivity contribution in [1.29, 1.82) is 5.26 Å². The Morgan fingerprint density at radius 2 is 1.74 bits per heavy atom. The van der Waals surface area contributed by atoms with Crippen LogP contribution in [0.4, 0.5) is 5.82 Å². The maximum absolute atomic E-state index is 9.56. The van der Waals surface area contributed by atoms with Crippen LogP contribution in [0, 0.1) is 11.3 Å². The van der Waals surface area contributed by atoms with E-state index in [1.54, 1.807) is 4.68 Å². The summed E-state index contributed by atoms with van der Waals surface area (Å²) >= 11 is 0. The van der Waals surface area contributed by atoms with Crippen molar-refractivity contribution in [3.63, 3.8) is 0 Å². The SMILES string of the molecule is CC(C)n1nc(-c2ccc3ccc(-c4ccccc4)nc3c2)c(C#N)c1N. The number of anilines is 1. The summed E-state index contributed by atoms with van der Waals surface area (Å²) < 4.78 is 1.69. The van der Waals surface area contributed by atoms with Crippen LogP contribution >= 0.6 is 0 Å². The van der Waals surface area contributed by atoms with Crippen LogP contribution in [0.5, 0.6) is 0 Å². The number of rotatable bonds is 3. The Kier molecular flexibility index (Phi) is 4.09. The molecule has 2 N–H and O–H groups in total. The second-order valence-electron chi connectivity index (χ2n) is 6.73. The first kappa shape index (κ1) is 16.8. The lowest BCUT2D eigenvalue weighted by Gasteiger charge is -2.06. The van der Waals surface area contributed by atoms with Crippen molar-refractivity contribution in [3.8, 4) is 28.6 Å². The van der Waals surface area contributed by atoms with E-state index in [1.807, 2.05) is 68.4 Å². The van der Waals surface area contributed by atoms with Crippen LogP contribution in [-0.4, -0.2) is 14.8 Å². The molecule has 5 heteroatoms. The molecule has 4 aromatic rings. The van der Waals surface area contributed by atoms with E-state index in [2.05, 4.69) is 17.2 Å². The zero-order valence-corrected chi connectivity index (χ0v) is 15.2. The van der Waals surface area contributed by atoms with Crippen molar-refractivity contribution in [2.75, 3.05) is 5.73 Å². The first-order valence-electron chi connectivity index (χ1n) is 8.83.